The third-order valence-corrected chi connectivity index (χ3v) is 4.24. The molecule has 0 spiro atoms. The van der Waals surface area contributed by atoms with Crippen LogP contribution in [0.4, 0.5) is 5.82 Å². The van der Waals surface area contributed by atoms with Crippen molar-refractivity contribution in [3.63, 3.8) is 0 Å². The first-order valence-corrected chi connectivity index (χ1v) is 7.08. The first kappa shape index (κ1) is 14.0. The van der Waals surface area contributed by atoms with Gasteiger partial charge in [0.1, 0.15) is 11.5 Å². The number of aryl methyl sites for hydroxylation is 1. The van der Waals surface area contributed by atoms with E-state index >= 15 is 0 Å². The van der Waals surface area contributed by atoms with Crippen LogP contribution >= 0.6 is 11.9 Å². The maximum atomic E-state index is 10.8. The van der Waals surface area contributed by atoms with Crippen molar-refractivity contribution in [1.29, 1.82) is 0 Å². The molecule has 0 aliphatic heterocycles. The molecular weight excluding hydrogens is 262 g/mol. The van der Waals surface area contributed by atoms with Crippen LogP contribution in [-0.4, -0.2) is 16.2 Å². The zero-order valence-electron chi connectivity index (χ0n) is 11.1. The molecule has 1 aliphatic carbocycles. The Kier molecular flexibility index (Phi) is 4.16. The molecule has 1 aliphatic rings. The van der Waals surface area contributed by atoms with Crippen LogP contribution in [0.25, 0.3) is 4.91 Å². The van der Waals surface area contributed by atoms with Crippen LogP contribution in [0.5, 0.6) is 0 Å². The number of carbonyl (C=O) groups is 1. The molecule has 0 atom stereocenters. The normalized spacial score (nSPS) is 16.8. The van der Waals surface area contributed by atoms with E-state index in [1.54, 1.807) is 11.6 Å². The van der Waals surface area contributed by atoms with E-state index < -0.39 is 0 Å². The second-order valence-corrected chi connectivity index (χ2v) is 5.40. The Labute approximate surface area is 116 Å². The minimum absolute atomic E-state index is 0.424. The monoisotopic (exact) mass is 281 g/mol. The highest BCUT2D eigenvalue weighted by molar-refractivity contribution is 8.06. The third kappa shape index (κ3) is 2.48. The summed E-state index contributed by atoms with van der Waals surface area (Å²) in [6, 6.07) is 0. The van der Waals surface area contributed by atoms with Crippen molar-refractivity contribution in [1.82, 2.24) is 9.78 Å². The standard InChI is InChI=1S/C12H19N5OS/c1-7(13)11(19-14)10-9(8-4-3-5-8)12(15-6-18)17(2)16-10/h6,8H,3-5,13-14H2,1-2H3,(H,15,18)/b11-7-. The molecule has 0 aromatic carbocycles. The lowest BCUT2D eigenvalue weighted by atomic mass is 9.79. The zero-order chi connectivity index (χ0) is 14.0. The van der Waals surface area contributed by atoms with E-state index in [-0.39, 0.29) is 0 Å². The van der Waals surface area contributed by atoms with Gasteiger partial charge in [-0.25, -0.2) is 0 Å². The van der Waals surface area contributed by atoms with E-state index in [1.165, 1.54) is 6.42 Å². The molecular formula is C12H19N5OS. The number of nitrogens with zero attached hydrogens (tertiary/aromatic N) is 2. The summed E-state index contributed by atoms with van der Waals surface area (Å²) in [5, 5.41) is 12.9. The van der Waals surface area contributed by atoms with Crippen LogP contribution in [0, 0.1) is 0 Å². The molecule has 1 aromatic heterocycles. The van der Waals surface area contributed by atoms with Crippen LogP contribution in [0.2, 0.25) is 0 Å². The largest absolute Gasteiger partial charge is 0.401 e. The molecule has 0 bridgehead atoms. The van der Waals surface area contributed by atoms with Crippen LogP contribution in [0.1, 0.15) is 43.4 Å². The van der Waals surface area contributed by atoms with E-state index in [0.717, 1.165) is 46.8 Å². The SMILES string of the molecule is C/C(N)=C(/SN)c1nn(C)c(NC=O)c1C1CCC1. The molecule has 0 radical (unpaired) electrons. The number of carbonyl (C=O) groups excluding carboxylic acids is 1. The topological polar surface area (TPSA) is 99.0 Å². The Morgan fingerprint density at radius 1 is 1.58 bits per heavy atom. The smallest absolute Gasteiger partial charge is 0.212 e. The van der Waals surface area contributed by atoms with E-state index in [0.29, 0.717) is 18.0 Å². The van der Waals surface area contributed by atoms with Crippen molar-refractivity contribution in [2.75, 3.05) is 5.32 Å². The van der Waals surface area contributed by atoms with E-state index in [2.05, 4.69) is 10.4 Å². The fourth-order valence-electron chi connectivity index (χ4n) is 2.35. The molecule has 19 heavy (non-hydrogen) atoms. The molecule has 1 amide bonds. The fraction of sp³-hybridized carbons (Fsp3) is 0.500. The predicted octanol–water partition coefficient (Wildman–Crippen LogP) is 1.51. The first-order valence-electron chi connectivity index (χ1n) is 6.20. The van der Waals surface area contributed by atoms with Crippen molar-refractivity contribution in [3.8, 4) is 0 Å². The van der Waals surface area contributed by atoms with Crippen molar-refractivity contribution >= 4 is 29.1 Å². The number of anilines is 1. The minimum Gasteiger partial charge on any atom is -0.401 e. The van der Waals surface area contributed by atoms with Gasteiger partial charge < -0.3 is 11.1 Å². The van der Waals surface area contributed by atoms with E-state index in [1.807, 2.05) is 7.05 Å². The molecule has 1 aromatic rings. The molecule has 5 N–H and O–H groups in total. The predicted molar refractivity (Wildman–Crippen MR) is 78.0 cm³/mol. The van der Waals surface area contributed by atoms with Gasteiger partial charge in [0, 0.05) is 18.3 Å². The molecule has 0 unspecified atom stereocenters. The van der Waals surface area contributed by atoms with Crippen LogP contribution in [-0.2, 0) is 11.8 Å². The van der Waals surface area contributed by atoms with E-state index in [4.69, 9.17) is 10.9 Å². The van der Waals surface area contributed by atoms with Crippen molar-refractivity contribution in [2.45, 2.75) is 32.1 Å². The average Bonchev–Trinajstić information content (AvgIpc) is 2.57. The van der Waals surface area contributed by atoms with Gasteiger partial charge >= 0.3 is 0 Å². The highest BCUT2D eigenvalue weighted by Crippen LogP contribution is 2.44. The van der Waals surface area contributed by atoms with Gasteiger partial charge in [0.25, 0.3) is 0 Å². The van der Waals surface area contributed by atoms with Crippen LogP contribution in [0.3, 0.4) is 0 Å². The van der Waals surface area contributed by atoms with Gasteiger partial charge in [-0.05, 0) is 37.6 Å². The number of allylic oxidation sites excluding steroid dienone is 1. The van der Waals surface area contributed by atoms with Gasteiger partial charge in [-0.3, -0.25) is 14.6 Å². The Balaban J connectivity index is 2.56. The van der Waals surface area contributed by atoms with Gasteiger partial charge in [0.05, 0.1) is 4.91 Å². The Morgan fingerprint density at radius 3 is 2.68 bits per heavy atom. The Hall–Kier alpha value is -1.47. The third-order valence-electron chi connectivity index (χ3n) is 3.48. The molecule has 6 nitrogen and oxygen atoms in total. The van der Waals surface area contributed by atoms with Gasteiger partial charge in [-0.15, -0.1) is 0 Å². The molecule has 7 heteroatoms. The lowest BCUT2D eigenvalue weighted by Gasteiger charge is -2.26. The summed E-state index contributed by atoms with van der Waals surface area (Å²) in [5.41, 5.74) is 8.37. The number of amides is 1. The number of nitrogens with two attached hydrogens (primary N) is 2. The molecule has 2 rings (SSSR count). The molecule has 1 fully saturated rings. The van der Waals surface area contributed by atoms with Crippen LogP contribution < -0.4 is 16.2 Å². The fourth-order valence-corrected chi connectivity index (χ4v) is 2.80. The number of aromatic nitrogens is 2. The molecule has 0 saturated heterocycles. The van der Waals surface area contributed by atoms with Crippen molar-refractivity contribution in [2.24, 2.45) is 17.9 Å². The summed E-state index contributed by atoms with van der Waals surface area (Å²) in [5.74, 6) is 1.16. The molecule has 104 valence electrons. The summed E-state index contributed by atoms with van der Waals surface area (Å²) >= 11 is 1.10. The quantitative estimate of drug-likeness (QED) is 0.561. The minimum atomic E-state index is 0.424. The number of rotatable bonds is 5. The Bertz CT molecular complexity index is 514. The van der Waals surface area contributed by atoms with Crippen LogP contribution in [0.15, 0.2) is 5.70 Å². The number of nitrogens with one attached hydrogen (secondary N) is 1. The number of hydrogen-bond donors (Lipinski definition) is 3. The zero-order valence-corrected chi connectivity index (χ0v) is 12.0. The second kappa shape index (κ2) is 5.66. The maximum absolute atomic E-state index is 10.8. The molecule has 1 saturated carbocycles. The second-order valence-electron chi connectivity index (χ2n) is 4.75. The van der Waals surface area contributed by atoms with Crippen molar-refractivity contribution in [3.05, 3.63) is 17.0 Å². The summed E-state index contributed by atoms with van der Waals surface area (Å²) in [6.07, 6.45) is 4.10. The first-order chi connectivity index (χ1) is 9.10. The highest BCUT2D eigenvalue weighted by atomic mass is 32.2. The van der Waals surface area contributed by atoms with E-state index in [9.17, 15) is 4.79 Å². The van der Waals surface area contributed by atoms with Gasteiger partial charge in [0.2, 0.25) is 6.41 Å². The summed E-state index contributed by atoms with van der Waals surface area (Å²) < 4.78 is 1.68. The summed E-state index contributed by atoms with van der Waals surface area (Å²) in [4.78, 5) is 11.5. The average molecular weight is 281 g/mol. The Morgan fingerprint density at radius 2 is 2.26 bits per heavy atom. The number of hydrogen-bond acceptors (Lipinski definition) is 5. The maximum Gasteiger partial charge on any atom is 0.212 e. The molecule has 1 heterocycles. The summed E-state index contributed by atoms with van der Waals surface area (Å²) in [6.45, 7) is 1.81. The summed E-state index contributed by atoms with van der Waals surface area (Å²) in [7, 11) is 1.81. The van der Waals surface area contributed by atoms with Gasteiger partial charge in [-0.1, -0.05) is 6.42 Å². The van der Waals surface area contributed by atoms with Gasteiger partial charge in [-0.2, -0.15) is 5.10 Å². The van der Waals surface area contributed by atoms with Crippen molar-refractivity contribution < 1.29 is 4.79 Å². The lowest BCUT2D eigenvalue weighted by molar-refractivity contribution is -0.105. The van der Waals surface area contributed by atoms with Gasteiger partial charge in [0.15, 0.2) is 0 Å². The highest BCUT2D eigenvalue weighted by Gasteiger charge is 2.30. The lowest BCUT2D eigenvalue weighted by Crippen LogP contribution is -2.13.